The Morgan fingerprint density at radius 2 is 0.776 bits per heavy atom. The Hall–Kier alpha value is -7.00. The van der Waals surface area contributed by atoms with E-state index in [-0.39, 0.29) is 0 Å². The van der Waals surface area contributed by atoms with Gasteiger partial charge in [-0.25, -0.2) is 0 Å². The molecule has 274 valence electrons. The van der Waals surface area contributed by atoms with E-state index in [1.807, 2.05) is 11.3 Å². The van der Waals surface area contributed by atoms with E-state index in [4.69, 9.17) is 0 Å². The van der Waals surface area contributed by atoms with Gasteiger partial charge in [0.2, 0.25) is 0 Å². The van der Waals surface area contributed by atoms with Gasteiger partial charge in [0.05, 0.1) is 0 Å². The summed E-state index contributed by atoms with van der Waals surface area (Å²) < 4.78 is 2.66. The third-order valence-electron chi connectivity index (χ3n) is 11.8. The lowest BCUT2D eigenvalue weighted by atomic mass is 9.84. The molecule has 0 saturated carbocycles. The monoisotopic (exact) mass is 757 g/mol. The largest absolute Gasteiger partial charge is 0.310 e. The van der Waals surface area contributed by atoms with Gasteiger partial charge in [0, 0.05) is 37.2 Å². The summed E-state index contributed by atoms with van der Waals surface area (Å²) in [6.45, 7) is 0. The summed E-state index contributed by atoms with van der Waals surface area (Å²) in [6.07, 6.45) is 1.70. The van der Waals surface area contributed by atoms with E-state index >= 15 is 0 Å². The molecule has 0 amide bonds. The first-order valence-corrected chi connectivity index (χ1v) is 20.9. The molecule has 9 aromatic carbocycles. The molecule has 0 unspecified atom stereocenters. The molecule has 1 aromatic heterocycles. The summed E-state index contributed by atoms with van der Waals surface area (Å²) >= 11 is 1.88. The second kappa shape index (κ2) is 14.5. The summed E-state index contributed by atoms with van der Waals surface area (Å²) in [7, 11) is 0. The Kier molecular flexibility index (Phi) is 8.56. The van der Waals surface area contributed by atoms with Gasteiger partial charge in [-0.2, -0.15) is 0 Å². The lowest BCUT2D eigenvalue weighted by Crippen LogP contribution is -2.11. The third-order valence-corrected chi connectivity index (χ3v) is 13.0. The van der Waals surface area contributed by atoms with Crippen LogP contribution in [0.3, 0.4) is 0 Å². The number of anilines is 3. The number of benzene rings is 9. The van der Waals surface area contributed by atoms with Gasteiger partial charge in [0.25, 0.3) is 0 Å². The Labute approximate surface area is 343 Å². The maximum atomic E-state index is 2.44. The number of hydrogen-bond donors (Lipinski definition) is 0. The molecule has 1 aliphatic rings. The molecule has 2 heteroatoms. The summed E-state index contributed by atoms with van der Waals surface area (Å²) in [5, 5.41) is 2.65. The van der Waals surface area contributed by atoms with Crippen molar-refractivity contribution in [2.24, 2.45) is 0 Å². The molecule has 11 rings (SSSR count). The van der Waals surface area contributed by atoms with Gasteiger partial charge in [0.1, 0.15) is 0 Å². The van der Waals surface area contributed by atoms with Crippen molar-refractivity contribution in [1.29, 1.82) is 0 Å². The molecule has 58 heavy (non-hydrogen) atoms. The molecule has 1 heterocycles. The van der Waals surface area contributed by atoms with E-state index in [9.17, 15) is 0 Å². The predicted octanol–water partition coefficient (Wildman–Crippen LogP) is 15.7. The quantitative estimate of drug-likeness (QED) is 0.169. The van der Waals surface area contributed by atoms with Crippen molar-refractivity contribution in [2.45, 2.75) is 12.8 Å². The lowest BCUT2D eigenvalue weighted by Gasteiger charge is -2.28. The highest BCUT2D eigenvalue weighted by molar-refractivity contribution is 7.26. The molecule has 0 spiro atoms. The van der Waals surface area contributed by atoms with Gasteiger partial charge in [0.15, 0.2) is 0 Å². The second-order valence-electron chi connectivity index (χ2n) is 15.2. The highest BCUT2D eigenvalue weighted by Crippen LogP contribution is 2.44. The topological polar surface area (TPSA) is 3.24 Å². The number of nitrogens with zero attached hydrogens (tertiary/aromatic N) is 1. The standard InChI is InChI=1S/C56H39NS/c1-2-13-38(14-3-1)39-25-29-45(30-26-39)57(46-31-27-40(28-32-46)52-22-12-23-54-53-21-10-11-24-55(53)58-56(52)54)47-33-34-51-44(37-47)36-43-17-6-8-19-49(43)48-18-7-4-15-41(48)35-42-16-5-9-20-50(42)51/h1-34,37H,35-36H2. The Bertz CT molecular complexity index is 3100. The van der Waals surface area contributed by atoms with Crippen LogP contribution in [0, 0.1) is 0 Å². The van der Waals surface area contributed by atoms with Crippen LogP contribution in [0.2, 0.25) is 0 Å². The van der Waals surface area contributed by atoms with Crippen molar-refractivity contribution in [3.8, 4) is 44.5 Å². The highest BCUT2D eigenvalue weighted by atomic mass is 32.1. The molecule has 0 saturated heterocycles. The Morgan fingerprint density at radius 3 is 1.43 bits per heavy atom. The third kappa shape index (κ3) is 6.10. The summed E-state index contributed by atoms with van der Waals surface area (Å²) in [5.41, 5.74) is 18.9. The molecule has 0 fully saturated rings. The SMILES string of the molecule is c1ccc(-c2ccc(N(c3ccc(-c4cccc5c4sc4ccccc45)cc3)c3ccc4c(c3)Cc3ccccc3-c3ccccc3Cc3ccccc3-4)cc2)cc1. The van der Waals surface area contributed by atoms with Gasteiger partial charge in [-0.05, 0) is 122 Å². The first-order chi connectivity index (χ1) is 28.7. The van der Waals surface area contributed by atoms with Crippen LogP contribution >= 0.6 is 11.3 Å². The van der Waals surface area contributed by atoms with Crippen molar-refractivity contribution >= 4 is 48.6 Å². The van der Waals surface area contributed by atoms with Crippen LogP contribution in [0.1, 0.15) is 22.3 Å². The first-order valence-electron chi connectivity index (χ1n) is 20.1. The van der Waals surface area contributed by atoms with Crippen LogP contribution in [0.5, 0.6) is 0 Å². The van der Waals surface area contributed by atoms with Crippen molar-refractivity contribution < 1.29 is 0 Å². The molecule has 0 atom stereocenters. The number of fused-ring (bicyclic) bond motifs is 9. The lowest BCUT2D eigenvalue weighted by molar-refractivity contribution is 1.14. The Morgan fingerprint density at radius 1 is 0.310 bits per heavy atom. The van der Waals surface area contributed by atoms with E-state index < -0.39 is 0 Å². The average molecular weight is 758 g/mol. The van der Waals surface area contributed by atoms with Crippen LogP contribution in [0.4, 0.5) is 17.1 Å². The molecule has 0 bridgehead atoms. The fraction of sp³-hybridized carbons (Fsp3) is 0.0357. The van der Waals surface area contributed by atoms with Crippen molar-refractivity contribution in [2.75, 3.05) is 4.90 Å². The minimum absolute atomic E-state index is 0.820. The molecular weight excluding hydrogens is 719 g/mol. The molecule has 1 aliphatic carbocycles. The number of thiophene rings is 1. The van der Waals surface area contributed by atoms with E-state index in [2.05, 4.69) is 217 Å². The maximum absolute atomic E-state index is 2.44. The van der Waals surface area contributed by atoms with Gasteiger partial charge < -0.3 is 4.90 Å². The van der Waals surface area contributed by atoms with Gasteiger partial charge in [-0.1, -0.05) is 170 Å². The van der Waals surface area contributed by atoms with Gasteiger partial charge in [-0.3, -0.25) is 0 Å². The van der Waals surface area contributed by atoms with Crippen molar-refractivity contribution in [3.63, 3.8) is 0 Å². The molecule has 10 aromatic rings. The summed E-state index contributed by atoms with van der Waals surface area (Å²) in [5.74, 6) is 0. The number of hydrogen-bond acceptors (Lipinski definition) is 2. The fourth-order valence-electron chi connectivity index (χ4n) is 9.00. The molecule has 0 radical (unpaired) electrons. The minimum Gasteiger partial charge on any atom is -0.310 e. The highest BCUT2D eigenvalue weighted by Gasteiger charge is 2.21. The van der Waals surface area contributed by atoms with Crippen LogP contribution in [0.15, 0.2) is 212 Å². The molecule has 0 aliphatic heterocycles. The second-order valence-corrected chi connectivity index (χ2v) is 16.3. The van der Waals surface area contributed by atoms with Crippen molar-refractivity contribution in [1.82, 2.24) is 0 Å². The molecule has 0 N–H and O–H groups in total. The van der Waals surface area contributed by atoms with Gasteiger partial charge >= 0.3 is 0 Å². The predicted molar refractivity (Wildman–Crippen MR) is 248 cm³/mol. The van der Waals surface area contributed by atoms with E-state index in [1.54, 1.807) is 0 Å². The van der Waals surface area contributed by atoms with Crippen LogP contribution in [-0.4, -0.2) is 0 Å². The average Bonchev–Trinajstić information content (AvgIpc) is 3.67. The smallest absolute Gasteiger partial charge is 0.0464 e. The number of rotatable bonds is 5. The summed E-state index contributed by atoms with van der Waals surface area (Å²) in [4.78, 5) is 2.42. The zero-order valence-corrected chi connectivity index (χ0v) is 32.8. The van der Waals surface area contributed by atoms with Crippen LogP contribution in [-0.2, 0) is 12.8 Å². The Balaban J connectivity index is 1.06. The van der Waals surface area contributed by atoms with Gasteiger partial charge in [-0.15, -0.1) is 11.3 Å². The summed E-state index contributed by atoms with van der Waals surface area (Å²) in [6, 6.07) is 78.3. The molecule has 1 nitrogen and oxygen atoms in total. The first kappa shape index (κ1) is 34.3. The van der Waals surface area contributed by atoms with E-state index in [1.165, 1.54) is 86.9 Å². The normalized spacial score (nSPS) is 12.0. The molecular formula is C56H39NS. The van der Waals surface area contributed by atoms with E-state index in [0.29, 0.717) is 0 Å². The maximum Gasteiger partial charge on any atom is 0.0464 e. The van der Waals surface area contributed by atoms with Crippen LogP contribution < -0.4 is 4.90 Å². The van der Waals surface area contributed by atoms with Crippen molar-refractivity contribution in [3.05, 3.63) is 235 Å². The van der Waals surface area contributed by atoms with Crippen LogP contribution in [0.25, 0.3) is 64.7 Å². The fourth-order valence-corrected chi connectivity index (χ4v) is 10.2. The minimum atomic E-state index is 0.820. The zero-order valence-electron chi connectivity index (χ0n) is 32.0. The zero-order chi connectivity index (χ0) is 38.4. The van der Waals surface area contributed by atoms with E-state index in [0.717, 1.165) is 29.9 Å².